The predicted octanol–water partition coefficient (Wildman–Crippen LogP) is 3.17. The minimum atomic E-state index is -0.814. The van der Waals surface area contributed by atoms with Gasteiger partial charge in [0.05, 0.1) is 0 Å². The second-order valence-corrected chi connectivity index (χ2v) is 4.46. The summed E-state index contributed by atoms with van der Waals surface area (Å²) in [5.41, 5.74) is 0. The standard InChI is InChI=1S/C11H13FO2S/c1-2-3-10(11(13)14)15-9-6-4-8(12)5-7-9/h4-7,10H,2-3H2,1H3,(H,13,14). The van der Waals surface area contributed by atoms with E-state index in [0.29, 0.717) is 6.42 Å². The van der Waals surface area contributed by atoms with E-state index in [0.717, 1.165) is 11.3 Å². The van der Waals surface area contributed by atoms with Crippen LogP contribution >= 0.6 is 11.8 Å². The summed E-state index contributed by atoms with van der Waals surface area (Å²) >= 11 is 1.26. The van der Waals surface area contributed by atoms with E-state index in [2.05, 4.69) is 0 Å². The van der Waals surface area contributed by atoms with Crippen LogP contribution in [0.5, 0.6) is 0 Å². The molecule has 0 heterocycles. The van der Waals surface area contributed by atoms with E-state index >= 15 is 0 Å². The van der Waals surface area contributed by atoms with Gasteiger partial charge in [-0.15, -0.1) is 11.8 Å². The van der Waals surface area contributed by atoms with Gasteiger partial charge < -0.3 is 5.11 Å². The topological polar surface area (TPSA) is 37.3 Å². The van der Waals surface area contributed by atoms with Crippen LogP contribution in [-0.4, -0.2) is 16.3 Å². The molecule has 15 heavy (non-hydrogen) atoms. The van der Waals surface area contributed by atoms with Crippen LogP contribution in [0.4, 0.5) is 4.39 Å². The molecule has 0 spiro atoms. The van der Waals surface area contributed by atoms with Gasteiger partial charge in [0.1, 0.15) is 11.1 Å². The number of carboxylic acid groups (broad SMARTS) is 1. The van der Waals surface area contributed by atoms with E-state index in [4.69, 9.17) is 5.11 Å². The lowest BCUT2D eigenvalue weighted by Gasteiger charge is -2.10. The third kappa shape index (κ3) is 3.91. The van der Waals surface area contributed by atoms with Crippen molar-refractivity contribution >= 4 is 17.7 Å². The Kier molecular flexibility index (Phi) is 4.62. The molecule has 1 rings (SSSR count). The van der Waals surface area contributed by atoms with E-state index in [-0.39, 0.29) is 5.82 Å². The molecule has 0 amide bonds. The molecular formula is C11H13FO2S. The molecule has 1 aromatic rings. The van der Waals surface area contributed by atoms with Gasteiger partial charge in [0.2, 0.25) is 0 Å². The molecule has 0 aromatic heterocycles. The lowest BCUT2D eigenvalue weighted by Crippen LogP contribution is -2.15. The number of hydrogen-bond acceptors (Lipinski definition) is 2. The van der Waals surface area contributed by atoms with Crippen molar-refractivity contribution < 1.29 is 14.3 Å². The van der Waals surface area contributed by atoms with Crippen molar-refractivity contribution in [3.8, 4) is 0 Å². The number of rotatable bonds is 5. The quantitative estimate of drug-likeness (QED) is 0.786. The fourth-order valence-corrected chi connectivity index (χ4v) is 2.25. The van der Waals surface area contributed by atoms with Gasteiger partial charge in [-0.2, -0.15) is 0 Å². The van der Waals surface area contributed by atoms with Gasteiger partial charge in [-0.3, -0.25) is 4.79 Å². The number of halogens is 1. The van der Waals surface area contributed by atoms with E-state index in [1.807, 2.05) is 6.92 Å². The molecule has 1 aromatic carbocycles. The molecule has 82 valence electrons. The van der Waals surface area contributed by atoms with Gasteiger partial charge in [0.25, 0.3) is 0 Å². The van der Waals surface area contributed by atoms with Gasteiger partial charge in [-0.05, 0) is 30.7 Å². The molecule has 0 bridgehead atoms. The third-order valence-electron chi connectivity index (χ3n) is 1.92. The summed E-state index contributed by atoms with van der Waals surface area (Å²) in [7, 11) is 0. The SMILES string of the molecule is CCCC(Sc1ccc(F)cc1)C(=O)O. The fraction of sp³-hybridized carbons (Fsp3) is 0.364. The minimum absolute atomic E-state index is 0.304. The predicted molar refractivity (Wildman–Crippen MR) is 58.6 cm³/mol. The highest BCUT2D eigenvalue weighted by Crippen LogP contribution is 2.26. The van der Waals surface area contributed by atoms with Crippen LogP contribution in [0, 0.1) is 5.82 Å². The second kappa shape index (κ2) is 5.75. The molecule has 0 radical (unpaired) electrons. The molecule has 1 N–H and O–H groups in total. The van der Waals surface area contributed by atoms with Crippen molar-refractivity contribution in [2.45, 2.75) is 29.9 Å². The largest absolute Gasteiger partial charge is 0.480 e. The Morgan fingerprint density at radius 2 is 2.07 bits per heavy atom. The van der Waals surface area contributed by atoms with E-state index in [1.165, 1.54) is 23.9 Å². The number of aliphatic carboxylic acids is 1. The normalized spacial score (nSPS) is 12.4. The summed E-state index contributed by atoms with van der Waals surface area (Å²) in [6, 6.07) is 5.89. The van der Waals surface area contributed by atoms with Crippen LogP contribution < -0.4 is 0 Å². The van der Waals surface area contributed by atoms with E-state index < -0.39 is 11.2 Å². The maximum atomic E-state index is 12.6. The molecule has 0 saturated carbocycles. The van der Waals surface area contributed by atoms with E-state index in [9.17, 15) is 9.18 Å². The summed E-state index contributed by atoms with van der Waals surface area (Å²) in [6.45, 7) is 1.95. The van der Waals surface area contributed by atoms with Crippen molar-refractivity contribution in [3.63, 3.8) is 0 Å². The van der Waals surface area contributed by atoms with Gasteiger partial charge in [0, 0.05) is 4.90 Å². The molecule has 0 aliphatic heterocycles. The minimum Gasteiger partial charge on any atom is -0.480 e. The highest BCUT2D eigenvalue weighted by Gasteiger charge is 2.17. The molecule has 0 aliphatic rings. The van der Waals surface area contributed by atoms with E-state index in [1.54, 1.807) is 12.1 Å². The summed E-state index contributed by atoms with van der Waals surface area (Å²) in [6.07, 6.45) is 1.45. The molecule has 1 atom stereocenters. The molecule has 0 saturated heterocycles. The third-order valence-corrected chi connectivity index (χ3v) is 3.18. The van der Waals surface area contributed by atoms with Gasteiger partial charge >= 0.3 is 5.97 Å². The Morgan fingerprint density at radius 3 is 2.53 bits per heavy atom. The lowest BCUT2D eigenvalue weighted by molar-refractivity contribution is -0.136. The van der Waals surface area contributed by atoms with Crippen LogP contribution in [0.3, 0.4) is 0 Å². The van der Waals surface area contributed by atoms with Gasteiger partial charge in [-0.1, -0.05) is 13.3 Å². The monoisotopic (exact) mass is 228 g/mol. The smallest absolute Gasteiger partial charge is 0.316 e. The fourth-order valence-electron chi connectivity index (χ4n) is 1.17. The first-order chi connectivity index (χ1) is 7.13. The number of benzene rings is 1. The molecule has 0 aliphatic carbocycles. The number of hydrogen-bond donors (Lipinski definition) is 1. The summed E-state index contributed by atoms with van der Waals surface area (Å²) in [5, 5.41) is 8.48. The van der Waals surface area contributed by atoms with Gasteiger partial charge in [-0.25, -0.2) is 4.39 Å². The maximum Gasteiger partial charge on any atom is 0.316 e. The lowest BCUT2D eigenvalue weighted by atomic mass is 10.2. The molecular weight excluding hydrogens is 215 g/mol. The molecule has 0 fully saturated rings. The maximum absolute atomic E-state index is 12.6. The van der Waals surface area contributed by atoms with Crippen molar-refractivity contribution in [3.05, 3.63) is 30.1 Å². The zero-order valence-corrected chi connectivity index (χ0v) is 9.26. The molecule has 1 unspecified atom stereocenters. The average molecular weight is 228 g/mol. The first-order valence-electron chi connectivity index (χ1n) is 4.78. The summed E-state index contributed by atoms with van der Waals surface area (Å²) in [4.78, 5) is 11.7. The van der Waals surface area contributed by atoms with Crippen LogP contribution in [0.25, 0.3) is 0 Å². The molecule has 4 heteroatoms. The number of thioether (sulfide) groups is 1. The van der Waals surface area contributed by atoms with Crippen molar-refractivity contribution in [1.82, 2.24) is 0 Å². The Morgan fingerprint density at radius 1 is 1.47 bits per heavy atom. The Balaban J connectivity index is 2.65. The first-order valence-corrected chi connectivity index (χ1v) is 5.66. The average Bonchev–Trinajstić information content (AvgIpc) is 2.20. The Hall–Kier alpha value is -1.03. The van der Waals surface area contributed by atoms with Crippen LogP contribution in [0.15, 0.2) is 29.2 Å². The van der Waals surface area contributed by atoms with Crippen molar-refractivity contribution in [2.24, 2.45) is 0 Å². The van der Waals surface area contributed by atoms with Crippen molar-refractivity contribution in [1.29, 1.82) is 0 Å². The highest BCUT2D eigenvalue weighted by molar-refractivity contribution is 8.00. The van der Waals surface area contributed by atoms with Crippen LogP contribution in [-0.2, 0) is 4.79 Å². The van der Waals surface area contributed by atoms with Crippen LogP contribution in [0.1, 0.15) is 19.8 Å². The number of carboxylic acids is 1. The van der Waals surface area contributed by atoms with Crippen LogP contribution in [0.2, 0.25) is 0 Å². The zero-order valence-electron chi connectivity index (χ0n) is 8.44. The second-order valence-electron chi connectivity index (χ2n) is 3.19. The van der Waals surface area contributed by atoms with Crippen molar-refractivity contribution in [2.75, 3.05) is 0 Å². The first kappa shape index (κ1) is 12.0. The highest BCUT2D eigenvalue weighted by atomic mass is 32.2. The summed E-state index contributed by atoms with van der Waals surface area (Å²) in [5.74, 6) is -1.12. The molecule has 2 nitrogen and oxygen atoms in total. The Labute approximate surface area is 92.5 Å². The number of carbonyl (C=O) groups is 1. The summed E-state index contributed by atoms with van der Waals surface area (Å²) < 4.78 is 12.6. The Bertz CT molecular complexity index is 324. The van der Waals surface area contributed by atoms with Gasteiger partial charge in [0.15, 0.2) is 0 Å². The zero-order chi connectivity index (χ0) is 11.3.